The fraction of sp³-hybridized carbons (Fsp3) is 0.348. The van der Waals surface area contributed by atoms with Gasteiger partial charge in [0.1, 0.15) is 5.25 Å². The maximum absolute atomic E-state index is 13.0. The number of carbonyl (C=O) groups excluding carboxylic acids is 2. The lowest BCUT2D eigenvalue weighted by atomic mass is 10.1. The van der Waals surface area contributed by atoms with E-state index in [0.29, 0.717) is 29.0 Å². The Morgan fingerprint density at radius 1 is 1.19 bits per heavy atom. The highest BCUT2D eigenvalue weighted by Crippen LogP contribution is 2.33. The first-order valence-electron chi connectivity index (χ1n) is 9.98. The fourth-order valence-corrected chi connectivity index (χ4v) is 4.54. The molecule has 0 saturated carbocycles. The molecule has 6 nitrogen and oxygen atoms in total. The Bertz CT molecular complexity index is 1030. The van der Waals surface area contributed by atoms with E-state index >= 15 is 0 Å². The first kappa shape index (κ1) is 23.3. The smallest absolute Gasteiger partial charge is 0.242 e. The Hall–Kier alpha value is -2.35. The molecule has 8 heteroatoms. The summed E-state index contributed by atoms with van der Waals surface area (Å²) in [7, 11) is 1.59. The van der Waals surface area contributed by atoms with Crippen LogP contribution in [0.4, 0.5) is 11.4 Å². The van der Waals surface area contributed by atoms with E-state index in [1.165, 1.54) is 11.8 Å². The number of nitrogens with zero attached hydrogens (tertiary/aromatic N) is 2. The van der Waals surface area contributed by atoms with Gasteiger partial charge >= 0.3 is 0 Å². The summed E-state index contributed by atoms with van der Waals surface area (Å²) in [5, 5.41) is 3.50. The van der Waals surface area contributed by atoms with E-state index in [0.717, 1.165) is 22.4 Å². The van der Waals surface area contributed by atoms with Crippen molar-refractivity contribution in [2.45, 2.75) is 32.4 Å². The summed E-state index contributed by atoms with van der Waals surface area (Å²) in [5.74, 6) is -0.375. The molecular formula is C23H26ClN3O3S. The number of thioether (sulfide) groups is 1. The van der Waals surface area contributed by atoms with E-state index in [4.69, 9.17) is 21.3 Å². The van der Waals surface area contributed by atoms with Gasteiger partial charge in [-0.25, -0.2) is 4.99 Å². The van der Waals surface area contributed by atoms with Crippen LogP contribution in [-0.2, 0) is 14.3 Å². The lowest BCUT2D eigenvalue weighted by Crippen LogP contribution is -2.35. The van der Waals surface area contributed by atoms with E-state index in [1.807, 2.05) is 39.0 Å². The lowest BCUT2D eigenvalue weighted by molar-refractivity contribution is -0.128. The molecule has 1 N–H and O–H groups in total. The molecule has 0 aromatic heterocycles. The van der Waals surface area contributed by atoms with Gasteiger partial charge in [-0.05, 0) is 55.7 Å². The van der Waals surface area contributed by atoms with Crippen molar-refractivity contribution in [3.63, 3.8) is 0 Å². The predicted octanol–water partition coefficient (Wildman–Crippen LogP) is 4.87. The van der Waals surface area contributed by atoms with Crippen LogP contribution in [0.15, 0.2) is 41.4 Å². The topological polar surface area (TPSA) is 71.0 Å². The maximum atomic E-state index is 13.0. The van der Waals surface area contributed by atoms with Gasteiger partial charge < -0.3 is 10.1 Å². The number of rotatable bonds is 7. The molecule has 0 bridgehead atoms. The number of ether oxygens (including phenoxy) is 1. The van der Waals surface area contributed by atoms with Gasteiger partial charge in [-0.2, -0.15) is 0 Å². The number of methoxy groups -OCH3 is 1. The first-order valence-corrected chi connectivity index (χ1v) is 11.2. The first-order chi connectivity index (χ1) is 14.8. The van der Waals surface area contributed by atoms with E-state index in [1.54, 1.807) is 30.2 Å². The number of carbonyl (C=O) groups is 2. The van der Waals surface area contributed by atoms with Crippen molar-refractivity contribution in [1.82, 2.24) is 4.90 Å². The molecule has 0 aliphatic carbocycles. The molecule has 3 rings (SSSR count). The van der Waals surface area contributed by atoms with Crippen molar-refractivity contribution < 1.29 is 14.3 Å². The average Bonchev–Trinajstić information content (AvgIpc) is 3.01. The fourth-order valence-electron chi connectivity index (χ4n) is 3.19. The second kappa shape index (κ2) is 10.3. The van der Waals surface area contributed by atoms with E-state index in [2.05, 4.69) is 5.32 Å². The Morgan fingerprint density at radius 3 is 2.68 bits per heavy atom. The van der Waals surface area contributed by atoms with Crippen LogP contribution >= 0.6 is 23.4 Å². The van der Waals surface area contributed by atoms with Crippen molar-refractivity contribution in [2.24, 2.45) is 4.99 Å². The Morgan fingerprint density at radius 2 is 1.94 bits per heavy atom. The van der Waals surface area contributed by atoms with Crippen LogP contribution < -0.4 is 5.32 Å². The zero-order chi connectivity index (χ0) is 22.5. The van der Waals surface area contributed by atoms with Gasteiger partial charge in [-0.3, -0.25) is 14.5 Å². The molecule has 164 valence electrons. The SMILES string of the molecule is COCCN1C(=O)C(CC(=O)Nc2cccc(Cl)c2C)SC1=Nc1cccc(C)c1C. The Labute approximate surface area is 192 Å². The van der Waals surface area contributed by atoms with Crippen molar-refractivity contribution >= 4 is 51.7 Å². The molecule has 1 fully saturated rings. The second-order valence-corrected chi connectivity index (χ2v) is 8.94. The minimum absolute atomic E-state index is 0.0464. The molecule has 2 aromatic carbocycles. The summed E-state index contributed by atoms with van der Waals surface area (Å²) in [6, 6.07) is 11.2. The van der Waals surface area contributed by atoms with Gasteiger partial charge in [0, 0.05) is 24.2 Å². The van der Waals surface area contributed by atoms with Gasteiger partial charge in [0.25, 0.3) is 0 Å². The Balaban J connectivity index is 1.79. The number of benzene rings is 2. The van der Waals surface area contributed by atoms with Gasteiger partial charge in [-0.15, -0.1) is 0 Å². The van der Waals surface area contributed by atoms with Crippen LogP contribution in [0.25, 0.3) is 0 Å². The van der Waals surface area contributed by atoms with Crippen molar-refractivity contribution in [1.29, 1.82) is 0 Å². The van der Waals surface area contributed by atoms with Crippen LogP contribution in [-0.4, -0.2) is 47.4 Å². The predicted molar refractivity (Wildman–Crippen MR) is 127 cm³/mol. The largest absolute Gasteiger partial charge is 0.383 e. The molecular weight excluding hydrogens is 434 g/mol. The quantitative estimate of drug-likeness (QED) is 0.641. The summed E-state index contributed by atoms with van der Waals surface area (Å²) in [6.07, 6.45) is 0.0464. The summed E-state index contributed by atoms with van der Waals surface area (Å²) < 4.78 is 5.16. The van der Waals surface area contributed by atoms with Crippen molar-refractivity contribution in [3.8, 4) is 0 Å². The third kappa shape index (κ3) is 5.47. The molecule has 31 heavy (non-hydrogen) atoms. The number of amides is 2. The standard InChI is InChI=1S/C23H26ClN3O3S/c1-14-7-5-9-18(15(14)2)26-23-27(11-12-30-4)22(29)20(31-23)13-21(28)25-19-10-6-8-17(24)16(19)3/h5-10,20H,11-13H2,1-4H3,(H,25,28). The molecule has 1 aliphatic heterocycles. The van der Waals surface area contributed by atoms with E-state index in [9.17, 15) is 9.59 Å². The molecule has 2 amide bonds. The van der Waals surface area contributed by atoms with Crippen LogP contribution in [0.5, 0.6) is 0 Å². The molecule has 1 aliphatic rings. The van der Waals surface area contributed by atoms with Crippen LogP contribution in [0.1, 0.15) is 23.1 Å². The van der Waals surface area contributed by atoms with Crippen molar-refractivity contribution in [3.05, 3.63) is 58.1 Å². The zero-order valence-corrected chi connectivity index (χ0v) is 19.6. The minimum atomic E-state index is -0.541. The summed E-state index contributed by atoms with van der Waals surface area (Å²) in [4.78, 5) is 32.1. The minimum Gasteiger partial charge on any atom is -0.383 e. The number of aliphatic imine (C=N–C) groups is 1. The highest BCUT2D eigenvalue weighted by molar-refractivity contribution is 8.15. The van der Waals surface area contributed by atoms with Crippen LogP contribution in [0.2, 0.25) is 5.02 Å². The van der Waals surface area contributed by atoms with E-state index < -0.39 is 5.25 Å². The zero-order valence-electron chi connectivity index (χ0n) is 18.1. The van der Waals surface area contributed by atoms with Gasteiger partial charge in [-0.1, -0.05) is 41.6 Å². The number of amidine groups is 1. The third-order valence-corrected chi connectivity index (χ3v) is 6.83. The molecule has 1 heterocycles. The summed E-state index contributed by atoms with van der Waals surface area (Å²) in [6.45, 7) is 6.65. The lowest BCUT2D eigenvalue weighted by Gasteiger charge is -2.16. The van der Waals surface area contributed by atoms with Crippen molar-refractivity contribution in [2.75, 3.05) is 25.6 Å². The monoisotopic (exact) mass is 459 g/mol. The second-order valence-electron chi connectivity index (χ2n) is 7.37. The number of halogens is 1. The van der Waals surface area contributed by atoms with Gasteiger partial charge in [0.2, 0.25) is 11.8 Å². The molecule has 1 saturated heterocycles. The van der Waals surface area contributed by atoms with E-state index in [-0.39, 0.29) is 18.2 Å². The number of anilines is 1. The highest BCUT2D eigenvalue weighted by atomic mass is 35.5. The number of aryl methyl sites for hydroxylation is 1. The van der Waals surface area contributed by atoms with Gasteiger partial charge in [0.15, 0.2) is 5.17 Å². The highest BCUT2D eigenvalue weighted by Gasteiger charge is 2.39. The van der Waals surface area contributed by atoms with Crippen LogP contribution in [0.3, 0.4) is 0 Å². The third-order valence-electron chi connectivity index (χ3n) is 5.24. The van der Waals surface area contributed by atoms with Crippen LogP contribution in [0, 0.1) is 20.8 Å². The molecule has 0 spiro atoms. The Kier molecular flexibility index (Phi) is 7.75. The maximum Gasteiger partial charge on any atom is 0.242 e. The molecule has 0 radical (unpaired) electrons. The molecule has 1 unspecified atom stereocenters. The summed E-state index contributed by atoms with van der Waals surface area (Å²) >= 11 is 7.45. The molecule has 2 aromatic rings. The van der Waals surface area contributed by atoms with Gasteiger partial charge in [0.05, 0.1) is 18.8 Å². The number of hydrogen-bond acceptors (Lipinski definition) is 5. The average molecular weight is 460 g/mol. The number of nitrogens with one attached hydrogen (secondary N) is 1. The molecule has 1 atom stereocenters. The number of hydrogen-bond donors (Lipinski definition) is 1. The normalized spacial score (nSPS) is 17.5. The summed E-state index contributed by atoms with van der Waals surface area (Å²) in [5.41, 5.74) is 4.45.